The van der Waals surface area contributed by atoms with Gasteiger partial charge in [-0.15, -0.1) is 0 Å². The predicted molar refractivity (Wildman–Crippen MR) is 108 cm³/mol. The van der Waals surface area contributed by atoms with Crippen molar-refractivity contribution < 1.29 is 17.9 Å². The monoisotopic (exact) mass is 397 g/mol. The van der Waals surface area contributed by atoms with Crippen LogP contribution in [0.25, 0.3) is 10.9 Å². The largest absolute Gasteiger partial charge is 0.462 e. The number of carbonyl (C=O) groups excluding carboxylic acids is 1. The quantitative estimate of drug-likeness (QED) is 0.600. The van der Waals surface area contributed by atoms with Crippen molar-refractivity contribution in [1.82, 2.24) is 3.97 Å². The normalized spacial score (nSPS) is 19.0. The van der Waals surface area contributed by atoms with Crippen LogP contribution < -0.4 is 0 Å². The van der Waals surface area contributed by atoms with Gasteiger partial charge in [-0.1, -0.05) is 32.0 Å². The first-order valence-electron chi connectivity index (χ1n) is 9.51. The Hall–Kier alpha value is -2.60. The van der Waals surface area contributed by atoms with E-state index in [-0.39, 0.29) is 22.7 Å². The van der Waals surface area contributed by atoms with Crippen molar-refractivity contribution in [3.8, 4) is 0 Å². The van der Waals surface area contributed by atoms with Crippen molar-refractivity contribution in [2.45, 2.75) is 43.9 Å². The molecule has 1 heterocycles. The first-order chi connectivity index (χ1) is 13.4. The predicted octanol–water partition coefficient (Wildman–Crippen LogP) is 4.67. The second kappa shape index (κ2) is 6.78. The van der Waals surface area contributed by atoms with Crippen molar-refractivity contribution in [3.63, 3.8) is 0 Å². The summed E-state index contributed by atoms with van der Waals surface area (Å²) in [7, 11) is -3.73. The maximum Gasteiger partial charge on any atom is 0.338 e. The summed E-state index contributed by atoms with van der Waals surface area (Å²) in [6.45, 7) is 6.25. The van der Waals surface area contributed by atoms with Gasteiger partial charge in [0.15, 0.2) is 0 Å². The molecule has 5 nitrogen and oxygen atoms in total. The molecule has 0 radical (unpaired) electrons. The van der Waals surface area contributed by atoms with Crippen molar-refractivity contribution >= 4 is 26.9 Å². The molecule has 1 aliphatic rings. The van der Waals surface area contributed by atoms with Crippen LogP contribution in [-0.4, -0.2) is 25.0 Å². The van der Waals surface area contributed by atoms with Gasteiger partial charge in [0.05, 0.1) is 22.6 Å². The molecule has 1 aromatic heterocycles. The van der Waals surface area contributed by atoms with Gasteiger partial charge < -0.3 is 4.74 Å². The molecular formula is C22H23NO4S. The molecule has 1 aliphatic carbocycles. The summed E-state index contributed by atoms with van der Waals surface area (Å²) in [6, 6.07) is 12.0. The number of benzene rings is 2. The Morgan fingerprint density at radius 2 is 1.79 bits per heavy atom. The number of esters is 1. The van der Waals surface area contributed by atoms with Crippen LogP contribution in [0.2, 0.25) is 0 Å². The SMILES string of the molecule is CCOC(=O)c1cc2ccn(S(=O)(=O)c3ccccc3)c2c2c1[C@H](C)C[C@H]2C. The fourth-order valence-corrected chi connectivity index (χ4v) is 5.80. The topological polar surface area (TPSA) is 65.4 Å². The van der Waals surface area contributed by atoms with Crippen LogP contribution in [0.1, 0.15) is 60.5 Å². The summed E-state index contributed by atoms with van der Waals surface area (Å²) in [5, 5.41) is 0.738. The molecule has 146 valence electrons. The molecule has 0 N–H and O–H groups in total. The van der Waals surface area contributed by atoms with E-state index in [4.69, 9.17) is 4.74 Å². The van der Waals surface area contributed by atoms with Crippen LogP contribution in [0, 0.1) is 0 Å². The molecule has 3 aromatic rings. The van der Waals surface area contributed by atoms with E-state index in [1.807, 2.05) is 0 Å². The molecule has 0 bridgehead atoms. The molecule has 0 aliphatic heterocycles. The van der Waals surface area contributed by atoms with E-state index in [0.29, 0.717) is 17.7 Å². The third-order valence-electron chi connectivity index (χ3n) is 5.51. The standard InChI is InChI=1S/C22H23NO4S/c1-4-27-22(24)18-13-16-10-11-23(28(25,26)17-8-6-5-7-9-17)21(16)20-15(3)12-14(2)19(18)20/h5-11,13-15H,4,12H2,1-3H3/t14-,15-/m1/s1. The van der Waals surface area contributed by atoms with Gasteiger partial charge >= 0.3 is 5.97 Å². The lowest BCUT2D eigenvalue weighted by Gasteiger charge is -2.16. The molecule has 0 unspecified atom stereocenters. The van der Waals surface area contributed by atoms with Gasteiger partial charge in [0.2, 0.25) is 0 Å². The Morgan fingerprint density at radius 1 is 1.11 bits per heavy atom. The fourth-order valence-electron chi connectivity index (χ4n) is 4.41. The van der Waals surface area contributed by atoms with Crippen LogP contribution in [0.4, 0.5) is 0 Å². The van der Waals surface area contributed by atoms with Crippen molar-refractivity contribution in [2.24, 2.45) is 0 Å². The number of nitrogens with zero attached hydrogens (tertiary/aromatic N) is 1. The molecule has 28 heavy (non-hydrogen) atoms. The number of hydrogen-bond acceptors (Lipinski definition) is 4. The summed E-state index contributed by atoms with van der Waals surface area (Å²) >= 11 is 0. The highest BCUT2D eigenvalue weighted by atomic mass is 32.2. The molecule has 0 saturated heterocycles. The summed E-state index contributed by atoms with van der Waals surface area (Å²) in [5.74, 6) is -0.0293. The zero-order chi connectivity index (χ0) is 20.1. The van der Waals surface area contributed by atoms with E-state index < -0.39 is 10.0 Å². The molecule has 4 rings (SSSR count). The second-order valence-corrected chi connectivity index (χ2v) is 9.19. The number of fused-ring (bicyclic) bond motifs is 3. The van der Waals surface area contributed by atoms with Crippen molar-refractivity contribution in [1.29, 1.82) is 0 Å². The Bertz CT molecular complexity index is 1160. The lowest BCUT2D eigenvalue weighted by molar-refractivity contribution is 0.0525. The van der Waals surface area contributed by atoms with Crippen LogP contribution in [-0.2, 0) is 14.8 Å². The molecule has 0 saturated carbocycles. The third-order valence-corrected chi connectivity index (χ3v) is 7.20. The third kappa shape index (κ3) is 2.75. The molecule has 6 heteroatoms. The van der Waals surface area contributed by atoms with E-state index in [1.54, 1.807) is 55.6 Å². The Kier molecular flexibility index (Phi) is 4.54. The minimum Gasteiger partial charge on any atom is -0.462 e. The second-order valence-electron chi connectivity index (χ2n) is 7.38. The van der Waals surface area contributed by atoms with Gasteiger partial charge in [0.25, 0.3) is 10.0 Å². The maximum atomic E-state index is 13.3. The summed E-state index contributed by atoms with van der Waals surface area (Å²) < 4.78 is 33.2. The molecule has 2 aromatic carbocycles. The maximum absolute atomic E-state index is 13.3. The molecule has 0 amide bonds. The van der Waals surface area contributed by atoms with Gasteiger partial charge in [-0.3, -0.25) is 0 Å². The molecular weight excluding hydrogens is 374 g/mol. The average Bonchev–Trinajstić information content (AvgIpc) is 3.23. The zero-order valence-corrected chi connectivity index (χ0v) is 17.0. The van der Waals surface area contributed by atoms with Crippen LogP contribution >= 0.6 is 0 Å². The highest BCUT2D eigenvalue weighted by Gasteiger charge is 2.34. The first kappa shape index (κ1) is 18.7. The molecule has 0 fully saturated rings. The zero-order valence-electron chi connectivity index (χ0n) is 16.2. The number of aromatic nitrogens is 1. The van der Waals surface area contributed by atoms with Gasteiger partial charge in [-0.2, -0.15) is 0 Å². The number of rotatable bonds is 4. The first-order valence-corrected chi connectivity index (χ1v) is 11.0. The minimum absolute atomic E-state index is 0.154. The highest BCUT2D eigenvalue weighted by molar-refractivity contribution is 7.90. The Morgan fingerprint density at radius 3 is 2.46 bits per heavy atom. The number of carbonyl (C=O) groups is 1. The molecule has 2 atom stereocenters. The smallest absolute Gasteiger partial charge is 0.338 e. The van der Waals surface area contributed by atoms with Crippen LogP contribution in [0.15, 0.2) is 53.6 Å². The lowest BCUT2D eigenvalue weighted by atomic mass is 9.94. The van der Waals surface area contributed by atoms with E-state index in [9.17, 15) is 13.2 Å². The van der Waals surface area contributed by atoms with Crippen molar-refractivity contribution in [2.75, 3.05) is 6.61 Å². The lowest BCUT2D eigenvalue weighted by Crippen LogP contribution is -2.14. The van der Waals surface area contributed by atoms with E-state index in [2.05, 4.69) is 13.8 Å². The van der Waals surface area contributed by atoms with Crippen LogP contribution in [0.3, 0.4) is 0 Å². The van der Waals surface area contributed by atoms with Crippen molar-refractivity contribution in [3.05, 3.63) is 65.4 Å². The summed E-state index contributed by atoms with van der Waals surface area (Å²) in [5.41, 5.74) is 3.08. The van der Waals surface area contributed by atoms with Gasteiger partial charge in [-0.25, -0.2) is 17.2 Å². The molecule has 0 spiro atoms. The summed E-state index contributed by atoms with van der Waals surface area (Å²) in [4.78, 5) is 12.8. The minimum atomic E-state index is -3.73. The number of ether oxygens (including phenoxy) is 1. The fraction of sp³-hybridized carbons (Fsp3) is 0.318. The Labute approximate surface area is 165 Å². The van der Waals surface area contributed by atoms with Gasteiger partial charge in [0.1, 0.15) is 0 Å². The van der Waals surface area contributed by atoms with E-state index in [0.717, 1.165) is 22.9 Å². The summed E-state index contributed by atoms with van der Waals surface area (Å²) in [6.07, 6.45) is 2.45. The number of hydrogen-bond donors (Lipinski definition) is 0. The van der Waals surface area contributed by atoms with Gasteiger partial charge in [-0.05, 0) is 60.6 Å². The van der Waals surface area contributed by atoms with E-state index >= 15 is 0 Å². The van der Waals surface area contributed by atoms with E-state index in [1.165, 1.54) is 3.97 Å². The average molecular weight is 397 g/mol. The highest BCUT2D eigenvalue weighted by Crippen LogP contribution is 2.47. The van der Waals surface area contributed by atoms with Gasteiger partial charge in [0, 0.05) is 11.6 Å². The Balaban J connectivity index is 2.03. The van der Waals surface area contributed by atoms with Crippen LogP contribution in [0.5, 0.6) is 0 Å².